The van der Waals surface area contributed by atoms with E-state index >= 15 is 0 Å². The highest BCUT2D eigenvalue weighted by molar-refractivity contribution is 8.14. The molecule has 0 heterocycles. The van der Waals surface area contributed by atoms with Crippen LogP contribution in [-0.2, 0) is 0 Å². The van der Waals surface area contributed by atoms with Crippen molar-refractivity contribution in [3.63, 3.8) is 0 Å². The van der Waals surface area contributed by atoms with Crippen molar-refractivity contribution in [1.82, 2.24) is 0 Å². The van der Waals surface area contributed by atoms with Gasteiger partial charge in [-0.25, -0.2) is 0 Å². The van der Waals surface area contributed by atoms with Crippen molar-refractivity contribution in [2.75, 3.05) is 0 Å². The molecule has 1 radical (unpaired) electrons. The summed E-state index contributed by atoms with van der Waals surface area (Å²) < 4.78 is 0. The van der Waals surface area contributed by atoms with Crippen LogP contribution in [0.5, 0.6) is 0 Å². The van der Waals surface area contributed by atoms with Crippen LogP contribution in [0, 0.1) is 0 Å². The molecule has 14 heavy (non-hydrogen) atoms. The van der Waals surface area contributed by atoms with E-state index in [0.29, 0.717) is 0 Å². The van der Waals surface area contributed by atoms with Crippen molar-refractivity contribution in [2.24, 2.45) is 0 Å². The van der Waals surface area contributed by atoms with Gasteiger partial charge in [0.2, 0.25) is 0 Å². The molecule has 0 unspecified atom stereocenters. The lowest BCUT2D eigenvalue weighted by Crippen LogP contribution is -2.17. The summed E-state index contributed by atoms with van der Waals surface area (Å²) in [6, 6.07) is 0. The van der Waals surface area contributed by atoms with Crippen LogP contribution in [0.1, 0.15) is 64.2 Å². The maximum Gasteiger partial charge on any atom is -0.0167 e. The van der Waals surface area contributed by atoms with E-state index in [4.69, 9.17) is 0 Å². The second-order valence-corrected chi connectivity index (χ2v) is 8.82. The molecule has 2 fully saturated rings. The van der Waals surface area contributed by atoms with Crippen molar-refractivity contribution in [2.45, 2.75) is 75.5 Å². The van der Waals surface area contributed by atoms with Crippen molar-refractivity contribution in [3.8, 4) is 0 Å². The Balaban J connectivity index is 1.82. The minimum atomic E-state index is 0.189. The lowest BCUT2D eigenvalue weighted by molar-refractivity contribution is 0.488. The van der Waals surface area contributed by atoms with Gasteiger partial charge in [-0.1, -0.05) is 55.1 Å². The molecule has 0 aromatic heterocycles. The molecule has 2 aliphatic carbocycles. The summed E-state index contributed by atoms with van der Waals surface area (Å²) in [5.41, 5.74) is 2.14. The van der Waals surface area contributed by atoms with Gasteiger partial charge in [0.1, 0.15) is 0 Å². The zero-order valence-electron chi connectivity index (χ0n) is 9.17. The summed E-state index contributed by atoms with van der Waals surface area (Å²) in [5, 5.41) is 0. The minimum Gasteiger partial charge on any atom is -0.0732 e. The predicted molar refractivity (Wildman–Crippen MR) is 69.0 cm³/mol. The van der Waals surface area contributed by atoms with Crippen LogP contribution in [0.25, 0.3) is 0 Å². The number of rotatable bonds is 2. The topological polar surface area (TPSA) is 0 Å². The van der Waals surface area contributed by atoms with Gasteiger partial charge in [-0.2, -0.15) is 0 Å². The van der Waals surface area contributed by atoms with Gasteiger partial charge in [-0.15, -0.1) is 0 Å². The van der Waals surface area contributed by atoms with E-state index in [1.54, 1.807) is 0 Å². The van der Waals surface area contributed by atoms with Gasteiger partial charge in [0.25, 0.3) is 0 Å². The third-order valence-corrected chi connectivity index (χ3v) is 8.73. The second kappa shape index (κ2) is 5.81. The van der Waals surface area contributed by atoms with Crippen LogP contribution >= 0.6 is 16.5 Å². The van der Waals surface area contributed by atoms with Gasteiger partial charge < -0.3 is 0 Å². The molecule has 2 saturated carbocycles. The fourth-order valence-electron chi connectivity index (χ4n) is 3.02. The average Bonchev–Trinajstić information content (AvgIpc) is 2.30. The van der Waals surface area contributed by atoms with Crippen LogP contribution in [0.2, 0.25) is 0 Å². The van der Waals surface area contributed by atoms with E-state index in [2.05, 4.69) is 8.93 Å². The summed E-state index contributed by atoms with van der Waals surface area (Å²) in [6.07, 6.45) is 15.1. The quantitative estimate of drug-likeness (QED) is 0.571. The largest absolute Gasteiger partial charge is 0.0732 e. The first-order chi connectivity index (χ1) is 6.88. The average molecular weight is 229 g/mol. The molecule has 2 rings (SSSR count). The van der Waals surface area contributed by atoms with Gasteiger partial charge in [0, 0.05) is 0 Å². The van der Waals surface area contributed by atoms with Crippen LogP contribution in [-0.4, -0.2) is 11.3 Å². The summed E-state index contributed by atoms with van der Waals surface area (Å²) in [4.78, 5) is 0. The number of hydrogen-bond acceptors (Lipinski definition) is 0. The molecule has 0 bridgehead atoms. The normalized spacial score (nSPS) is 27.0. The first-order valence-electron chi connectivity index (χ1n) is 6.37. The van der Waals surface area contributed by atoms with Crippen molar-refractivity contribution < 1.29 is 0 Å². The fraction of sp³-hybridized carbons (Fsp3) is 1.00. The first kappa shape index (κ1) is 11.3. The van der Waals surface area contributed by atoms with Gasteiger partial charge in [-0.3, -0.25) is 0 Å². The van der Waals surface area contributed by atoms with E-state index in [1.165, 1.54) is 64.2 Å². The fourth-order valence-corrected chi connectivity index (χ4v) is 7.01. The molecular formula is C12H23P2. The van der Waals surface area contributed by atoms with Crippen LogP contribution < -0.4 is 0 Å². The molecular weight excluding hydrogens is 206 g/mol. The predicted octanol–water partition coefficient (Wildman–Crippen LogP) is 5.19. The molecule has 0 aromatic carbocycles. The monoisotopic (exact) mass is 229 g/mol. The molecule has 0 N–H and O–H groups in total. The van der Waals surface area contributed by atoms with Crippen molar-refractivity contribution in [1.29, 1.82) is 0 Å². The Hall–Kier alpha value is 0.860. The van der Waals surface area contributed by atoms with E-state index in [-0.39, 0.29) is 7.61 Å². The van der Waals surface area contributed by atoms with Crippen LogP contribution in [0.15, 0.2) is 0 Å². The van der Waals surface area contributed by atoms with Crippen LogP contribution in [0.3, 0.4) is 0 Å². The van der Waals surface area contributed by atoms with E-state index in [1.807, 2.05) is 0 Å². The third kappa shape index (κ3) is 2.93. The minimum absolute atomic E-state index is 0.189. The maximum atomic E-state index is 4.12. The second-order valence-electron chi connectivity index (χ2n) is 4.99. The molecule has 0 aliphatic heterocycles. The standard InChI is InChI=1S/C12H23P2/c13-14(11-7-3-1-4-8-11)12-9-5-2-6-10-12/h11-13H,1-10H2. The molecule has 0 amide bonds. The van der Waals surface area contributed by atoms with Crippen molar-refractivity contribution >= 4 is 16.5 Å². The highest BCUT2D eigenvalue weighted by Crippen LogP contribution is 2.61. The van der Waals surface area contributed by atoms with E-state index in [9.17, 15) is 0 Å². The molecule has 0 atom stereocenters. The van der Waals surface area contributed by atoms with E-state index in [0.717, 1.165) is 11.3 Å². The van der Waals surface area contributed by atoms with Crippen molar-refractivity contribution in [3.05, 3.63) is 0 Å². The molecule has 0 saturated heterocycles. The summed E-state index contributed by atoms with van der Waals surface area (Å²) in [7, 11) is 4.31. The first-order valence-corrected chi connectivity index (χ1v) is 9.19. The number of hydrogen-bond donors (Lipinski definition) is 0. The molecule has 81 valence electrons. The Labute approximate surface area is 92.5 Å². The summed E-state index contributed by atoms with van der Waals surface area (Å²) >= 11 is 0. The lowest BCUT2D eigenvalue weighted by atomic mass is 10.00. The summed E-state index contributed by atoms with van der Waals surface area (Å²) in [6.45, 7) is 0. The Morgan fingerprint density at radius 3 is 1.36 bits per heavy atom. The Kier molecular flexibility index (Phi) is 4.71. The zero-order valence-corrected chi connectivity index (χ0v) is 11.1. The Morgan fingerprint density at radius 2 is 1.00 bits per heavy atom. The molecule has 0 aromatic rings. The van der Waals surface area contributed by atoms with Gasteiger partial charge in [0.05, 0.1) is 0 Å². The molecule has 0 nitrogen and oxygen atoms in total. The Bertz CT molecular complexity index is 140. The smallest absolute Gasteiger partial charge is 0.0167 e. The van der Waals surface area contributed by atoms with E-state index < -0.39 is 0 Å². The van der Waals surface area contributed by atoms with Gasteiger partial charge in [-0.05, 0) is 37.0 Å². The third-order valence-electron chi connectivity index (χ3n) is 3.94. The van der Waals surface area contributed by atoms with Gasteiger partial charge in [0.15, 0.2) is 0 Å². The molecule has 2 aliphatic rings. The van der Waals surface area contributed by atoms with Crippen LogP contribution in [0.4, 0.5) is 0 Å². The Morgan fingerprint density at radius 1 is 0.643 bits per heavy atom. The SMILES string of the molecule is [PH]P(C1CCCCC1)C1CCCCC1. The van der Waals surface area contributed by atoms with Gasteiger partial charge >= 0.3 is 0 Å². The lowest BCUT2D eigenvalue weighted by Gasteiger charge is -2.35. The highest BCUT2D eigenvalue weighted by atomic mass is 32.0. The highest BCUT2D eigenvalue weighted by Gasteiger charge is 2.27. The molecule has 0 spiro atoms. The zero-order chi connectivity index (χ0) is 9.80. The maximum absolute atomic E-state index is 4.12. The molecule has 2 heteroatoms. The summed E-state index contributed by atoms with van der Waals surface area (Å²) in [5.74, 6) is 0.